The molecule has 2 unspecified atom stereocenters. The van der Waals surface area contributed by atoms with Crippen LogP contribution in [0.1, 0.15) is 31.2 Å². The highest BCUT2D eigenvalue weighted by Gasteiger charge is 2.43. The van der Waals surface area contributed by atoms with Gasteiger partial charge >= 0.3 is 0 Å². The maximum atomic E-state index is 14.5. The zero-order chi connectivity index (χ0) is 26.2. The molecular weight excluding hydrogens is 475 g/mol. The van der Waals surface area contributed by atoms with Crippen LogP contribution < -0.4 is 10.1 Å². The number of aliphatic hydroxyl groups excluding tert-OH is 1. The van der Waals surface area contributed by atoms with Crippen LogP contribution in [-0.4, -0.2) is 93.4 Å². The molecule has 37 heavy (non-hydrogen) atoms. The molecule has 9 heteroatoms. The number of β-amino-alcohol motifs (C(OH)–C–C–N with tert-alkyl or cyclic N) is 1. The van der Waals surface area contributed by atoms with Crippen LogP contribution in [0.5, 0.6) is 5.75 Å². The predicted molar refractivity (Wildman–Crippen MR) is 141 cm³/mol. The lowest BCUT2D eigenvalue weighted by molar-refractivity contribution is -0.140. The lowest BCUT2D eigenvalue weighted by atomic mass is 9.91. The van der Waals surface area contributed by atoms with Crippen LogP contribution in [0.3, 0.4) is 0 Å². The maximum absolute atomic E-state index is 14.5. The Morgan fingerprint density at radius 3 is 2.76 bits per heavy atom. The van der Waals surface area contributed by atoms with Gasteiger partial charge in [0.2, 0.25) is 5.91 Å². The highest BCUT2D eigenvalue weighted by Crippen LogP contribution is 2.49. The van der Waals surface area contributed by atoms with Crippen molar-refractivity contribution < 1.29 is 23.8 Å². The molecular formula is C28H41FN4O4. The van der Waals surface area contributed by atoms with Crippen LogP contribution in [-0.2, 0) is 16.0 Å². The number of rotatable bonds is 13. The highest BCUT2D eigenvalue weighted by atomic mass is 19.1. The summed E-state index contributed by atoms with van der Waals surface area (Å²) in [6.07, 6.45) is 8.06. The lowest BCUT2D eigenvalue weighted by Gasteiger charge is -2.35. The molecule has 204 valence electrons. The van der Waals surface area contributed by atoms with Gasteiger partial charge in [-0.3, -0.25) is 14.7 Å². The number of hydrogen-bond donors (Lipinski definition) is 2. The number of aliphatic hydroxyl groups is 1. The minimum Gasteiger partial charge on any atom is -0.493 e. The van der Waals surface area contributed by atoms with E-state index in [2.05, 4.69) is 15.2 Å². The minimum atomic E-state index is -0.450. The molecule has 0 spiro atoms. The van der Waals surface area contributed by atoms with Crippen molar-refractivity contribution in [2.45, 2.75) is 38.2 Å². The number of hydrogen-bond acceptors (Lipinski definition) is 7. The van der Waals surface area contributed by atoms with Gasteiger partial charge in [0.25, 0.3) is 0 Å². The second-order valence-electron chi connectivity index (χ2n) is 10.5. The van der Waals surface area contributed by atoms with Gasteiger partial charge in [-0.25, -0.2) is 4.39 Å². The Morgan fingerprint density at radius 1 is 1.30 bits per heavy atom. The number of amides is 1. The molecule has 0 aromatic heterocycles. The lowest BCUT2D eigenvalue weighted by Crippen LogP contribution is -2.54. The Hall–Kier alpha value is -2.49. The van der Waals surface area contributed by atoms with E-state index in [0.29, 0.717) is 43.5 Å². The molecule has 1 aromatic rings. The number of nitrogens with zero attached hydrogens (tertiary/aromatic N) is 3. The zero-order valence-electron chi connectivity index (χ0n) is 22.1. The Labute approximate surface area is 219 Å². The third-order valence-electron chi connectivity index (χ3n) is 7.73. The van der Waals surface area contributed by atoms with Crippen LogP contribution in [0, 0.1) is 23.6 Å². The molecule has 1 amide bonds. The van der Waals surface area contributed by atoms with Crippen molar-refractivity contribution in [2.24, 2.45) is 22.7 Å². The predicted octanol–water partition coefficient (Wildman–Crippen LogP) is 2.47. The van der Waals surface area contributed by atoms with Gasteiger partial charge in [0.1, 0.15) is 11.6 Å². The monoisotopic (exact) mass is 516 g/mol. The maximum Gasteiger partial charge on any atom is 0.227 e. The number of carbonyl (C=O) groups excluding carboxylic acids is 1. The molecule has 3 aliphatic rings. The molecule has 1 aromatic carbocycles. The van der Waals surface area contributed by atoms with E-state index in [4.69, 9.17) is 9.47 Å². The van der Waals surface area contributed by atoms with E-state index in [1.54, 1.807) is 24.1 Å². The molecule has 2 N–H and O–H groups in total. The van der Waals surface area contributed by atoms with Crippen LogP contribution in [0.15, 0.2) is 35.0 Å². The fourth-order valence-corrected chi connectivity index (χ4v) is 5.47. The summed E-state index contributed by atoms with van der Waals surface area (Å²) in [4.78, 5) is 20.7. The molecule has 2 heterocycles. The number of carbonyl (C=O) groups is 1. The van der Waals surface area contributed by atoms with Gasteiger partial charge in [-0.1, -0.05) is 6.07 Å². The SMILES string of the molecule is CN/C=C(\C=N/CN1CCC(C2CC2CCOc2ccc(CC(=O)N3CC(O)C3)c(F)c2)CC1)COC. The number of nitrogens with one attached hydrogen (secondary N) is 1. The fourth-order valence-electron chi connectivity index (χ4n) is 5.47. The summed E-state index contributed by atoms with van der Waals surface area (Å²) in [6, 6.07) is 4.75. The first-order valence-corrected chi connectivity index (χ1v) is 13.4. The van der Waals surface area contributed by atoms with Crippen molar-refractivity contribution in [3.05, 3.63) is 41.4 Å². The number of aliphatic imine (C=N–C) groups is 1. The molecule has 1 aliphatic carbocycles. The molecule has 0 bridgehead atoms. The molecule has 3 fully saturated rings. The summed E-state index contributed by atoms with van der Waals surface area (Å²) in [5.41, 5.74) is 1.39. The number of halogens is 1. The highest BCUT2D eigenvalue weighted by molar-refractivity contribution is 5.79. The number of piperidine rings is 1. The first-order valence-electron chi connectivity index (χ1n) is 13.4. The first kappa shape index (κ1) is 27.5. The Balaban J connectivity index is 1.11. The Kier molecular flexibility index (Phi) is 9.94. The van der Waals surface area contributed by atoms with Gasteiger partial charge in [0.15, 0.2) is 0 Å². The van der Waals surface area contributed by atoms with Crippen molar-refractivity contribution >= 4 is 12.1 Å². The van der Waals surface area contributed by atoms with Gasteiger partial charge in [-0.15, -0.1) is 0 Å². The fraction of sp³-hybridized carbons (Fsp3) is 0.643. The normalized spacial score (nSPS) is 23.4. The standard InChI is InChI=1S/C28H41FN4O4/c1-30-14-20(18-36-2)15-31-19-32-8-5-21(6-9-32)26-11-22(26)7-10-37-25-4-3-23(27(29)13-25)12-28(35)33-16-24(34)17-33/h3-4,13-15,21-22,24,26,30,34H,5-12,16-19H2,1-2H3/b20-14+,31-15-. The van der Waals surface area contributed by atoms with E-state index in [1.807, 2.05) is 19.5 Å². The zero-order valence-corrected chi connectivity index (χ0v) is 22.1. The molecule has 0 radical (unpaired) electrons. The third-order valence-corrected chi connectivity index (χ3v) is 7.73. The third kappa shape index (κ3) is 7.99. The van der Waals surface area contributed by atoms with Crippen LogP contribution in [0.4, 0.5) is 4.39 Å². The number of methoxy groups -OCH3 is 1. The smallest absolute Gasteiger partial charge is 0.227 e. The van der Waals surface area contributed by atoms with Gasteiger partial charge in [0.05, 0.1) is 32.4 Å². The minimum absolute atomic E-state index is 0.00991. The molecule has 2 atom stereocenters. The molecule has 8 nitrogen and oxygen atoms in total. The van der Waals surface area contributed by atoms with E-state index < -0.39 is 11.9 Å². The van der Waals surface area contributed by atoms with Crippen LogP contribution >= 0.6 is 0 Å². The average Bonchev–Trinajstić information content (AvgIpc) is 3.64. The largest absolute Gasteiger partial charge is 0.493 e. The molecule has 2 aliphatic heterocycles. The van der Waals surface area contributed by atoms with Crippen molar-refractivity contribution in [1.29, 1.82) is 0 Å². The van der Waals surface area contributed by atoms with E-state index in [-0.39, 0.29) is 12.3 Å². The summed E-state index contributed by atoms with van der Waals surface area (Å²) in [5, 5.41) is 12.3. The van der Waals surface area contributed by atoms with Crippen LogP contribution in [0.2, 0.25) is 0 Å². The summed E-state index contributed by atoms with van der Waals surface area (Å²) >= 11 is 0. The Bertz CT molecular complexity index is 958. The summed E-state index contributed by atoms with van der Waals surface area (Å²) < 4.78 is 25.5. The number of likely N-dealkylation sites (tertiary alicyclic amines) is 2. The second kappa shape index (κ2) is 13.3. The second-order valence-corrected chi connectivity index (χ2v) is 10.5. The van der Waals surface area contributed by atoms with Gasteiger partial charge in [-0.05, 0) is 55.1 Å². The molecule has 2 saturated heterocycles. The van der Waals surface area contributed by atoms with E-state index >= 15 is 0 Å². The van der Waals surface area contributed by atoms with Gasteiger partial charge < -0.3 is 24.8 Å². The van der Waals surface area contributed by atoms with E-state index in [0.717, 1.165) is 43.6 Å². The average molecular weight is 517 g/mol. The topological polar surface area (TPSA) is 86.6 Å². The Morgan fingerprint density at radius 2 is 2.08 bits per heavy atom. The van der Waals surface area contributed by atoms with Crippen LogP contribution in [0.25, 0.3) is 0 Å². The van der Waals surface area contributed by atoms with Crippen molar-refractivity contribution in [3.8, 4) is 5.75 Å². The van der Waals surface area contributed by atoms with E-state index in [9.17, 15) is 14.3 Å². The number of ether oxygens (including phenoxy) is 2. The summed E-state index contributed by atoms with van der Waals surface area (Å²) in [7, 11) is 3.56. The van der Waals surface area contributed by atoms with Gasteiger partial charge in [0, 0.05) is 64.4 Å². The quantitative estimate of drug-likeness (QED) is 0.392. The summed E-state index contributed by atoms with van der Waals surface area (Å²) in [6.45, 7) is 4.70. The van der Waals surface area contributed by atoms with Crippen molar-refractivity contribution in [3.63, 3.8) is 0 Å². The van der Waals surface area contributed by atoms with E-state index in [1.165, 1.54) is 25.3 Å². The number of benzene rings is 1. The van der Waals surface area contributed by atoms with Crippen molar-refractivity contribution in [2.75, 3.05) is 60.2 Å². The molecule has 1 saturated carbocycles. The van der Waals surface area contributed by atoms with Crippen molar-refractivity contribution in [1.82, 2.24) is 15.1 Å². The summed E-state index contributed by atoms with van der Waals surface area (Å²) in [5.74, 6) is 2.20. The molecule has 4 rings (SSSR count). The van der Waals surface area contributed by atoms with Gasteiger partial charge in [-0.2, -0.15) is 0 Å². The first-order chi connectivity index (χ1) is 18.0.